The SMILES string of the molecule is Cn1nnc2cc(C(=O)Nc3nncs3)ccc21. The molecule has 1 amide bonds. The number of aromatic nitrogens is 5. The van der Waals surface area contributed by atoms with E-state index in [1.54, 1.807) is 29.4 Å². The molecule has 0 aliphatic rings. The maximum absolute atomic E-state index is 11.9. The minimum absolute atomic E-state index is 0.237. The standard InChI is InChI=1S/C10H8N6OS/c1-16-8-3-2-6(4-7(8)13-15-16)9(17)12-10-14-11-5-18-10/h2-5H,1H3,(H,12,14,17). The van der Waals surface area contributed by atoms with Gasteiger partial charge in [0.05, 0.1) is 5.52 Å². The molecule has 1 N–H and O–H groups in total. The molecule has 7 nitrogen and oxygen atoms in total. The second-order valence-electron chi connectivity index (χ2n) is 3.61. The maximum atomic E-state index is 11.9. The summed E-state index contributed by atoms with van der Waals surface area (Å²) in [6, 6.07) is 5.23. The number of nitrogens with one attached hydrogen (secondary N) is 1. The number of amides is 1. The van der Waals surface area contributed by atoms with Gasteiger partial charge in [0.1, 0.15) is 11.0 Å². The molecule has 18 heavy (non-hydrogen) atoms. The van der Waals surface area contributed by atoms with Crippen molar-refractivity contribution in [2.75, 3.05) is 5.32 Å². The van der Waals surface area contributed by atoms with E-state index in [2.05, 4.69) is 25.8 Å². The molecule has 90 valence electrons. The third-order valence-electron chi connectivity index (χ3n) is 2.45. The van der Waals surface area contributed by atoms with Crippen molar-refractivity contribution in [3.05, 3.63) is 29.3 Å². The summed E-state index contributed by atoms with van der Waals surface area (Å²) in [4.78, 5) is 11.9. The molecule has 0 bridgehead atoms. The molecule has 0 atom stereocenters. The first-order valence-electron chi connectivity index (χ1n) is 5.11. The van der Waals surface area contributed by atoms with Crippen molar-refractivity contribution in [2.45, 2.75) is 0 Å². The van der Waals surface area contributed by atoms with Crippen LogP contribution in [0.5, 0.6) is 0 Å². The van der Waals surface area contributed by atoms with Crippen molar-refractivity contribution in [2.24, 2.45) is 7.05 Å². The zero-order valence-electron chi connectivity index (χ0n) is 9.36. The predicted molar refractivity (Wildman–Crippen MR) is 66.4 cm³/mol. The van der Waals surface area contributed by atoms with Gasteiger partial charge in [-0.15, -0.1) is 15.3 Å². The van der Waals surface area contributed by atoms with E-state index in [1.165, 1.54) is 11.3 Å². The van der Waals surface area contributed by atoms with Crippen molar-refractivity contribution in [1.82, 2.24) is 25.2 Å². The summed E-state index contributed by atoms with van der Waals surface area (Å²) in [5.41, 5.74) is 3.63. The molecule has 2 heterocycles. The van der Waals surface area contributed by atoms with Crippen LogP contribution >= 0.6 is 11.3 Å². The van der Waals surface area contributed by atoms with Crippen LogP contribution in [0.2, 0.25) is 0 Å². The van der Waals surface area contributed by atoms with Crippen LogP contribution in [0.3, 0.4) is 0 Å². The largest absolute Gasteiger partial charge is 0.296 e. The molecule has 2 aromatic heterocycles. The van der Waals surface area contributed by atoms with Crippen molar-refractivity contribution in [3.8, 4) is 0 Å². The second kappa shape index (κ2) is 4.15. The van der Waals surface area contributed by atoms with Gasteiger partial charge in [0.15, 0.2) is 0 Å². The Morgan fingerprint density at radius 3 is 3.06 bits per heavy atom. The second-order valence-corrected chi connectivity index (χ2v) is 4.45. The van der Waals surface area contributed by atoms with Crippen molar-refractivity contribution < 1.29 is 4.79 Å². The van der Waals surface area contributed by atoms with Crippen molar-refractivity contribution >= 4 is 33.4 Å². The summed E-state index contributed by atoms with van der Waals surface area (Å²) >= 11 is 1.27. The fraction of sp³-hybridized carbons (Fsp3) is 0.100. The van der Waals surface area contributed by atoms with Gasteiger partial charge in [0.2, 0.25) is 5.13 Å². The number of anilines is 1. The van der Waals surface area contributed by atoms with Crippen LogP contribution < -0.4 is 5.32 Å². The van der Waals surface area contributed by atoms with E-state index in [0.29, 0.717) is 16.2 Å². The number of benzene rings is 1. The van der Waals surface area contributed by atoms with Crippen LogP contribution in [0.15, 0.2) is 23.7 Å². The molecule has 3 aromatic rings. The summed E-state index contributed by atoms with van der Waals surface area (Å²) in [6.07, 6.45) is 0. The highest BCUT2D eigenvalue weighted by Crippen LogP contribution is 2.15. The molecule has 0 radical (unpaired) electrons. The zero-order valence-corrected chi connectivity index (χ0v) is 10.2. The molecule has 0 fully saturated rings. The van der Waals surface area contributed by atoms with Gasteiger partial charge >= 0.3 is 0 Å². The molecule has 0 saturated carbocycles. The lowest BCUT2D eigenvalue weighted by Gasteiger charge is -2.00. The van der Waals surface area contributed by atoms with Crippen LogP contribution in [0.1, 0.15) is 10.4 Å². The first-order valence-corrected chi connectivity index (χ1v) is 5.99. The highest BCUT2D eigenvalue weighted by Gasteiger charge is 2.10. The van der Waals surface area contributed by atoms with E-state index in [9.17, 15) is 4.79 Å². The lowest BCUT2D eigenvalue weighted by Crippen LogP contribution is -2.11. The molecule has 0 spiro atoms. The Morgan fingerprint density at radius 2 is 2.28 bits per heavy atom. The molecule has 3 rings (SSSR count). The Hall–Kier alpha value is -2.35. The Morgan fingerprint density at radius 1 is 1.39 bits per heavy atom. The van der Waals surface area contributed by atoms with E-state index in [-0.39, 0.29) is 5.91 Å². The van der Waals surface area contributed by atoms with Gasteiger partial charge < -0.3 is 0 Å². The number of rotatable bonds is 2. The lowest BCUT2D eigenvalue weighted by molar-refractivity contribution is 0.102. The monoisotopic (exact) mass is 260 g/mol. The quantitative estimate of drug-likeness (QED) is 0.745. The van der Waals surface area contributed by atoms with Gasteiger partial charge in [0.25, 0.3) is 5.91 Å². The zero-order chi connectivity index (χ0) is 12.5. The predicted octanol–water partition coefficient (Wildman–Crippen LogP) is 1.07. The first kappa shape index (κ1) is 10.8. The topological polar surface area (TPSA) is 85.6 Å². The third-order valence-corrected chi connectivity index (χ3v) is 3.06. The highest BCUT2D eigenvalue weighted by molar-refractivity contribution is 7.13. The minimum atomic E-state index is -0.237. The van der Waals surface area contributed by atoms with Crippen LogP contribution in [-0.4, -0.2) is 31.1 Å². The van der Waals surface area contributed by atoms with Crippen molar-refractivity contribution in [3.63, 3.8) is 0 Å². The fourth-order valence-corrected chi connectivity index (χ4v) is 2.02. The average molecular weight is 260 g/mol. The molecule has 1 aromatic carbocycles. The Kier molecular flexibility index (Phi) is 2.49. The summed E-state index contributed by atoms with van der Waals surface area (Å²) in [5, 5.41) is 18.4. The number of carbonyl (C=O) groups is 1. The van der Waals surface area contributed by atoms with E-state index in [0.717, 1.165) is 5.52 Å². The third kappa shape index (κ3) is 1.82. The van der Waals surface area contributed by atoms with Gasteiger partial charge in [-0.05, 0) is 18.2 Å². The number of fused-ring (bicyclic) bond motifs is 1. The Balaban J connectivity index is 1.92. The van der Waals surface area contributed by atoms with Crippen LogP contribution in [0, 0.1) is 0 Å². The Bertz CT molecular complexity index is 704. The number of hydrogen-bond donors (Lipinski definition) is 1. The van der Waals surface area contributed by atoms with Gasteiger partial charge in [-0.25, -0.2) is 4.68 Å². The number of nitrogens with zero attached hydrogens (tertiary/aromatic N) is 5. The minimum Gasteiger partial charge on any atom is -0.296 e. The van der Waals surface area contributed by atoms with Crippen molar-refractivity contribution in [1.29, 1.82) is 0 Å². The molecule has 0 aliphatic heterocycles. The lowest BCUT2D eigenvalue weighted by atomic mass is 10.2. The summed E-state index contributed by atoms with van der Waals surface area (Å²) < 4.78 is 1.65. The Labute approximate surface area is 105 Å². The molecular formula is C10H8N6OS. The van der Waals surface area contributed by atoms with E-state index >= 15 is 0 Å². The fourth-order valence-electron chi connectivity index (χ4n) is 1.58. The van der Waals surface area contributed by atoms with Gasteiger partial charge in [-0.3, -0.25) is 10.1 Å². The number of aryl methyl sites for hydroxylation is 1. The molecule has 0 saturated heterocycles. The molecule has 0 aliphatic carbocycles. The summed E-state index contributed by atoms with van der Waals surface area (Å²) in [7, 11) is 1.80. The van der Waals surface area contributed by atoms with Crippen LogP contribution in [0.4, 0.5) is 5.13 Å². The molecule has 0 unspecified atom stereocenters. The smallest absolute Gasteiger partial charge is 0.257 e. The number of carbonyl (C=O) groups excluding carboxylic acids is 1. The molecule has 8 heteroatoms. The van der Waals surface area contributed by atoms with Gasteiger partial charge in [-0.2, -0.15) is 0 Å². The highest BCUT2D eigenvalue weighted by atomic mass is 32.1. The van der Waals surface area contributed by atoms with Crippen LogP contribution in [-0.2, 0) is 7.05 Å². The van der Waals surface area contributed by atoms with E-state index in [1.807, 2.05) is 6.07 Å². The summed E-state index contributed by atoms with van der Waals surface area (Å²) in [5.74, 6) is -0.237. The molecular weight excluding hydrogens is 252 g/mol. The normalized spacial score (nSPS) is 10.7. The van der Waals surface area contributed by atoms with E-state index in [4.69, 9.17) is 0 Å². The maximum Gasteiger partial charge on any atom is 0.257 e. The van der Waals surface area contributed by atoms with Gasteiger partial charge in [-0.1, -0.05) is 16.6 Å². The van der Waals surface area contributed by atoms with E-state index < -0.39 is 0 Å². The average Bonchev–Trinajstić information content (AvgIpc) is 2.99. The summed E-state index contributed by atoms with van der Waals surface area (Å²) in [6.45, 7) is 0. The van der Waals surface area contributed by atoms with Gasteiger partial charge in [0, 0.05) is 12.6 Å². The number of hydrogen-bond acceptors (Lipinski definition) is 6. The first-order chi connectivity index (χ1) is 8.74. The van der Waals surface area contributed by atoms with Crippen LogP contribution in [0.25, 0.3) is 11.0 Å².